The van der Waals surface area contributed by atoms with Crippen molar-refractivity contribution in [3.8, 4) is 0 Å². The molecule has 3 rings (SSSR count). The van der Waals surface area contributed by atoms with Crippen LogP contribution in [0, 0.1) is 13.8 Å². The van der Waals surface area contributed by atoms with Gasteiger partial charge in [0.25, 0.3) is 0 Å². The highest BCUT2D eigenvalue weighted by Crippen LogP contribution is 2.35. The van der Waals surface area contributed by atoms with Crippen LogP contribution in [0.25, 0.3) is 0 Å². The van der Waals surface area contributed by atoms with Gasteiger partial charge in [-0.1, -0.05) is 6.92 Å². The van der Waals surface area contributed by atoms with E-state index in [1.165, 1.54) is 11.3 Å². The van der Waals surface area contributed by atoms with Crippen molar-refractivity contribution >= 4 is 5.91 Å². The maximum Gasteiger partial charge on any atom is 0.234 e. The summed E-state index contributed by atoms with van der Waals surface area (Å²) in [4.78, 5) is 17.4. The molecule has 1 atom stereocenters. The van der Waals surface area contributed by atoms with Gasteiger partial charge in [-0.2, -0.15) is 5.10 Å². The molecule has 0 unspecified atom stereocenters. The first-order chi connectivity index (χ1) is 12.0. The first-order valence-electron chi connectivity index (χ1n) is 9.75. The zero-order chi connectivity index (χ0) is 18.0. The van der Waals surface area contributed by atoms with Crippen LogP contribution in [-0.2, 0) is 11.8 Å². The van der Waals surface area contributed by atoms with E-state index in [1.807, 2.05) is 11.7 Å². The highest BCUT2D eigenvalue weighted by Gasteiger charge is 2.32. The topological polar surface area (TPSA) is 53.4 Å². The predicted molar refractivity (Wildman–Crippen MR) is 99.5 cm³/mol. The van der Waals surface area contributed by atoms with Crippen molar-refractivity contribution in [1.82, 2.24) is 24.9 Å². The fourth-order valence-corrected chi connectivity index (χ4v) is 4.47. The van der Waals surface area contributed by atoms with Crippen LogP contribution < -0.4 is 5.32 Å². The summed E-state index contributed by atoms with van der Waals surface area (Å²) in [5, 5.41) is 7.83. The van der Waals surface area contributed by atoms with Gasteiger partial charge in [0.2, 0.25) is 5.91 Å². The number of hydrogen-bond acceptors (Lipinski definition) is 4. The SMILES string of the molecule is CCN1CCC(NC(=O)CN2CCC[C@H]2c2c(C)nn(C)c2C)CC1. The summed E-state index contributed by atoms with van der Waals surface area (Å²) in [7, 11) is 2.00. The molecule has 2 aliphatic heterocycles. The van der Waals surface area contributed by atoms with Crippen LogP contribution in [0.2, 0.25) is 0 Å². The third-order valence-electron chi connectivity index (χ3n) is 6.01. The molecule has 1 amide bonds. The molecule has 2 saturated heterocycles. The van der Waals surface area contributed by atoms with Gasteiger partial charge >= 0.3 is 0 Å². The fourth-order valence-electron chi connectivity index (χ4n) is 4.47. The van der Waals surface area contributed by atoms with Crippen LogP contribution in [0.5, 0.6) is 0 Å². The standard InChI is InChI=1S/C19H33N5O/c1-5-23-11-8-16(9-12-23)20-18(25)13-24-10-6-7-17(24)19-14(2)21-22(4)15(19)3/h16-17H,5-13H2,1-4H3,(H,20,25)/t17-/m0/s1. The van der Waals surface area contributed by atoms with Gasteiger partial charge in [-0.25, -0.2) is 0 Å². The number of aryl methyl sites for hydroxylation is 2. The van der Waals surface area contributed by atoms with E-state index >= 15 is 0 Å². The molecule has 3 heterocycles. The highest BCUT2D eigenvalue weighted by atomic mass is 16.2. The lowest BCUT2D eigenvalue weighted by atomic mass is 10.0. The van der Waals surface area contributed by atoms with Gasteiger partial charge in [0.05, 0.1) is 12.2 Å². The van der Waals surface area contributed by atoms with E-state index in [2.05, 4.69) is 41.0 Å². The van der Waals surface area contributed by atoms with E-state index in [-0.39, 0.29) is 5.91 Å². The second-order valence-electron chi connectivity index (χ2n) is 7.61. The molecule has 2 fully saturated rings. The molecule has 0 saturated carbocycles. The second kappa shape index (κ2) is 7.87. The van der Waals surface area contributed by atoms with Gasteiger partial charge in [-0.3, -0.25) is 14.4 Å². The van der Waals surface area contributed by atoms with Crippen molar-refractivity contribution in [2.45, 2.75) is 58.5 Å². The van der Waals surface area contributed by atoms with Crippen LogP contribution >= 0.6 is 0 Å². The molecule has 2 aliphatic rings. The number of carbonyl (C=O) groups is 1. The van der Waals surface area contributed by atoms with Crippen molar-refractivity contribution in [2.75, 3.05) is 32.7 Å². The van der Waals surface area contributed by atoms with Crippen molar-refractivity contribution in [3.63, 3.8) is 0 Å². The Morgan fingerprint density at radius 3 is 2.52 bits per heavy atom. The van der Waals surface area contributed by atoms with Crippen molar-refractivity contribution < 1.29 is 4.79 Å². The Bertz CT molecular complexity index is 603. The van der Waals surface area contributed by atoms with Gasteiger partial charge in [-0.05, 0) is 52.6 Å². The Kier molecular flexibility index (Phi) is 5.79. The zero-order valence-electron chi connectivity index (χ0n) is 16.2. The second-order valence-corrected chi connectivity index (χ2v) is 7.61. The molecule has 1 aromatic rings. The van der Waals surface area contributed by atoms with Crippen LogP contribution in [0.3, 0.4) is 0 Å². The number of aromatic nitrogens is 2. The molecule has 6 heteroatoms. The molecule has 1 aromatic heterocycles. The van der Waals surface area contributed by atoms with E-state index in [0.29, 0.717) is 18.6 Å². The van der Waals surface area contributed by atoms with E-state index in [0.717, 1.165) is 57.6 Å². The van der Waals surface area contributed by atoms with Gasteiger partial charge in [0.15, 0.2) is 0 Å². The monoisotopic (exact) mass is 347 g/mol. The van der Waals surface area contributed by atoms with Crippen molar-refractivity contribution in [1.29, 1.82) is 0 Å². The molecule has 0 aliphatic carbocycles. The molecule has 0 bridgehead atoms. The molecular weight excluding hydrogens is 314 g/mol. The molecule has 140 valence electrons. The summed E-state index contributed by atoms with van der Waals surface area (Å²) in [5.74, 6) is 0.182. The lowest BCUT2D eigenvalue weighted by molar-refractivity contribution is -0.123. The molecule has 0 spiro atoms. The van der Waals surface area contributed by atoms with Gasteiger partial charge < -0.3 is 10.2 Å². The Balaban J connectivity index is 1.57. The van der Waals surface area contributed by atoms with E-state index in [9.17, 15) is 4.79 Å². The number of likely N-dealkylation sites (tertiary alicyclic amines) is 2. The number of rotatable bonds is 5. The number of amides is 1. The maximum atomic E-state index is 12.6. The molecule has 0 aromatic carbocycles. The summed E-state index contributed by atoms with van der Waals surface area (Å²) in [6, 6.07) is 0.680. The third kappa shape index (κ3) is 4.06. The minimum absolute atomic E-state index is 0.182. The van der Waals surface area contributed by atoms with Crippen LogP contribution in [0.15, 0.2) is 0 Å². The Hall–Kier alpha value is -1.40. The molecular formula is C19H33N5O. The third-order valence-corrected chi connectivity index (χ3v) is 6.01. The molecule has 25 heavy (non-hydrogen) atoms. The van der Waals surface area contributed by atoms with Crippen LogP contribution in [-0.4, -0.2) is 64.3 Å². The molecule has 0 radical (unpaired) electrons. The summed E-state index contributed by atoms with van der Waals surface area (Å²) in [5.41, 5.74) is 3.65. The van der Waals surface area contributed by atoms with Gasteiger partial charge in [0, 0.05) is 43.5 Å². The number of piperidine rings is 1. The Labute approximate surface area is 151 Å². The maximum absolute atomic E-state index is 12.6. The Morgan fingerprint density at radius 1 is 1.20 bits per heavy atom. The van der Waals surface area contributed by atoms with E-state index in [1.54, 1.807) is 0 Å². The summed E-state index contributed by atoms with van der Waals surface area (Å²) in [6.07, 6.45) is 4.42. The summed E-state index contributed by atoms with van der Waals surface area (Å²) >= 11 is 0. The highest BCUT2D eigenvalue weighted by molar-refractivity contribution is 5.78. The zero-order valence-corrected chi connectivity index (χ0v) is 16.2. The Morgan fingerprint density at radius 2 is 1.92 bits per heavy atom. The van der Waals surface area contributed by atoms with Crippen molar-refractivity contribution in [2.24, 2.45) is 7.05 Å². The average Bonchev–Trinajstić information content (AvgIpc) is 3.12. The van der Waals surface area contributed by atoms with E-state index < -0.39 is 0 Å². The normalized spacial score (nSPS) is 23.3. The van der Waals surface area contributed by atoms with Crippen molar-refractivity contribution in [3.05, 3.63) is 17.0 Å². The fraction of sp³-hybridized carbons (Fsp3) is 0.789. The number of nitrogens with zero attached hydrogens (tertiary/aromatic N) is 4. The van der Waals surface area contributed by atoms with Crippen LogP contribution in [0.4, 0.5) is 0 Å². The lowest BCUT2D eigenvalue weighted by Crippen LogP contribution is -2.47. The minimum atomic E-state index is 0.182. The molecule has 1 N–H and O–H groups in total. The average molecular weight is 348 g/mol. The molecule has 6 nitrogen and oxygen atoms in total. The number of nitrogens with one attached hydrogen (secondary N) is 1. The first-order valence-corrected chi connectivity index (χ1v) is 9.75. The largest absolute Gasteiger partial charge is 0.352 e. The number of hydrogen-bond donors (Lipinski definition) is 1. The van der Waals surface area contributed by atoms with E-state index in [4.69, 9.17) is 0 Å². The lowest BCUT2D eigenvalue weighted by Gasteiger charge is -2.32. The minimum Gasteiger partial charge on any atom is -0.352 e. The summed E-state index contributed by atoms with van der Waals surface area (Å²) < 4.78 is 1.96. The predicted octanol–water partition coefficient (Wildman–Crippen LogP) is 1.77. The summed E-state index contributed by atoms with van der Waals surface area (Å²) in [6.45, 7) is 11.2. The quantitative estimate of drug-likeness (QED) is 0.882. The number of carbonyl (C=O) groups excluding carboxylic acids is 1. The smallest absolute Gasteiger partial charge is 0.234 e. The first kappa shape index (κ1) is 18.4. The van der Waals surface area contributed by atoms with Crippen LogP contribution in [0.1, 0.15) is 55.6 Å². The van der Waals surface area contributed by atoms with Gasteiger partial charge in [0.1, 0.15) is 0 Å². The van der Waals surface area contributed by atoms with Gasteiger partial charge in [-0.15, -0.1) is 0 Å².